The Kier molecular flexibility index (Phi) is 5.67. The first-order valence-corrected chi connectivity index (χ1v) is 6.68. The molecule has 0 fully saturated rings. The third kappa shape index (κ3) is 4.81. The van der Waals surface area contributed by atoms with Crippen molar-refractivity contribution in [2.24, 2.45) is 5.92 Å². The minimum Gasteiger partial charge on any atom is -0.465 e. The van der Waals surface area contributed by atoms with Crippen LogP contribution in [0.4, 0.5) is 11.4 Å². The molecule has 0 aromatic heterocycles. The van der Waals surface area contributed by atoms with E-state index in [4.69, 9.17) is 10.5 Å². The highest BCUT2D eigenvalue weighted by Crippen LogP contribution is 2.20. The molecule has 106 valence electrons. The summed E-state index contributed by atoms with van der Waals surface area (Å²) in [7, 11) is 1.35. The number of hydrogen-bond acceptors (Lipinski definition) is 4. The summed E-state index contributed by atoms with van der Waals surface area (Å²) in [5, 5.41) is 3.38. The monoisotopic (exact) mass is 264 g/mol. The van der Waals surface area contributed by atoms with Gasteiger partial charge < -0.3 is 15.8 Å². The lowest BCUT2D eigenvalue weighted by atomic mass is 10.0. The standard InChI is InChI=1S/C15H24N2O2/c1-10(2)5-6-11(3)17-12-7-8-14(16)13(9-12)15(18)19-4/h7-11,17H,5-6,16H2,1-4H3. The van der Waals surface area contributed by atoms with Gasteiger partial charge in [0.1, 0.15) is 0 Å². The largest absolute Gasteiger partial charge is 0.465 e. The van der Waals surface area contributed by atoms with Crippen LogP contribution in [0.3, 0.4) is 0 Å². The average Bonchev–Trinajstić information content (AvgIpc) is 2.37. The van der Waals surface area contributed by atoms with Gasteiger partial charge >= 0.3 is 5.97 Å². The number of rotatable bonds is 6. The van der Waals surface area contributed by atoms with Gasteiger partial charge in [-0.15, -0.1) is 0 Å². The van der Waals surface area contributed by atoms with Crippen LogP contribution in [-0.2, 0) is 4.74 Å². The Labute approximate surface area is 115 Å². The molecule has 0 amide bonds. The first-order valence-electron chi connectivity index (χ1n) is 6.68. The first-order chi connectivity index (χ1) is 8.93. The normalized spacial score (nSPS) is 12.3. The van der Waals surface area contributed by atoms with E-state index in [0.717, 1.165) is 12.1 Å². The second kappa shape index (κ2) is 7.02. The second-order valence-corrected chi connectivity index (χ2v) is 5.31. The molecule has 0 aliphatic carbocycles. The molecule has 1 aromatic rings. The maximum absolute atomic E-state index is 11.6. The van der Waals surface area contributed by atoms with Gasteiger partial charge in [-0.05, 0) is 43.9 Å². The minimum absolute atomic E-state index is 0.358. The van der Waals surface area contributed by atoms with Gasteiger partial charge in [-0.1, -0.05) is 13.8 Å². The van der Waals surface area contributed by atoms with Crippen molar-refractivity contribution in [3.05, 3.63) is 23.8 Å². The highest BCUT2D eigenvalue weighted by molar-refractivity contribution is 5.96. The van der Waals surface area contributed by atoms with Gasteiger partial charge in [-0.25, -0.2) is 4.79 Å². The summed E-state index contributed by atoms with van der Waals surface area (Å²) in [6, 6.07) is 5.71. The van der Waals surface area contributed by atoms with Crippen LogP contribution in [0.5, 0.6) is 0 Å². The molecule has 0 radical (unpaired) electrons. The Morgan fingerprint density at radius 2 is 2.00 bits per heavy atom. The van der Waals surface area contributed by atoms with E-state index in [1.165, 1.54) is 13.5 Å². The van der Waals surface area contributed by atoms with E-state index in [0.29, 0.717) is 23.2 Å². The van der Waals surface area contributed by atoms with Crippen LogP contribution in [0.25, 0.3) is 0 Å². The summed E-state index contributed by atoms with van der Waals surface area (Å²) < 4.78 is 4.71. The van der Waals surface area contributed by atoms with Crippen molar-refractivity contribution in [3.8, 4) is 0 Å². The Balaban J connectivity index is 2.71. The molecule has 1 aromatic carbocycles. The van der Waals surface area contributed by atoms with E-state index in [-0.39, 0.29) is 0 Å². The van der Waals surface area contributed by atoms with E-state index < -0.39 is 5.97 Å². The number of nitrogens with two attached hydrogens (primary N) is 1. The summed E-state index contributed by atoms with van der Waals surface area (Å²) in [4.78, 5) is 11.6. The number of hydrogen-bond donors (Lipinski definition) is 2. The second-order valence-electron chi connectivity index (χ2n) is 5.31. The SMILES string of the molecule is COC(=O)c1cc(NC(C)CCC(C)C)ccc1N. The number of benzene rings is 1. The van der Waals surface area contributed by atoms with Crippen LogP contribution in [0.15, 0.2) is 18.2 Å². The van der Waals surface area contributed by atoms with Gasteiger partial charge in [0.15, 0.2) is 0 Å². The van der Waals surface area contributed by atoms with Crippen LogP contribution >= 0.6 is 0 Å². The maximum Gasteiger partial charge on any atom is 0.340 e. The third-order valence-corrected chi connectivity index (χ3v) is 3.05. The summed E-state index contributed by atoms with van der Waals surface area (Å²) in [5.74, 6) is 0.289. The first kappa shape index (κ1) is 15.3. The molecule has 1 unspecified atom stereocenters. The Morgan fingerprint density at radius 3 is 2.58 bits per heavy atom. The summed E-state index contributed by atoms with van der Waals surface area (Å²) in [6.45, 7) is 6.56. The number of nitrogen functional groups attached to an aromatic ring is 1. The Bertz CT molecular complexity index is 430. The quantitative estimate of drug-likeness (QED) is 0.611. The van der Waals surface area contributed by atoms with Crippen molar-refractivity contribution < 1.29 is 9.53 Å². The highest BCUT2D eigenvalue weighted by Gasteiger charge is 2.11. The molecule has 1 rings (SSSR count). The lowest BCUT2D eigenvalue weighted by Crippen LogP contribution is -2.16. The van der Waals surface area contributed by atoms with Crippen LogP contribution < -0.4 is 11.1 Å². The smallest absolute Gasteiger partial charge is 0.340 e. The summed E-state index contributed by atoms with van der Waals surface area (Å²) >= 11 is 0. The van der Waals surface area contributed by atoms with Crippen LogP contribution in [0.1, 0.15) is 44.0 Å². The third-order valence-electron chi connectivity index (χ3n) is 3.05. The minimum atomic E-state index is -0.406. The molecule has 0 bridgehead atoms. The van der Waals surface area contributed by atoms with Crippen molar-refractivity contribution >= 4 is 17.3 Å². The zero-order valence-electron chi connectivity index (χ0n) is 12.2. The zero-order valence-corrected chi connectivity index (χ0v) is 12.2. The van der Waals surface area contributed by atoms with E-state index in [9.17, 15) is 4.79 Å². The molecular weight excluding hydrogens is 240 g/mol. The number of methoxy groups -OCH3 is 1. The number of esters is 1. The van der Waals surface area contributed by atoms with E-state index in [2.05, 4.69) is 26.1 Å². The van der Waals surface area contributed by atoms with Crippen molar-refractivity contribution in [1.29, 1.82) is 0 Å². The van der Waals surface area contributed by atoms with Gasteiger partial charge in [0.2, 0.25) is 0 Å². The predicted octanol–water partition coefficient (Wildman–Crippen LogP) is 3.29. The van der Waals surface area contributed by atoms with E-state index in [1.807, 2.05) is 6.07 Å². The molecule has 4 nitrogen and oxygen atoms in total. The average molecular weight is 264 g/mol. The molecule has 1 atom stereocenters. The van der Waals surface area contributed by atoms with Crippen molar-refractivity contribution in [2.75, 3.05) is 18.2 Å². The summed E-state index contributed by atoms with van der Waals surface area (Å²) in [5.41, 5.74) is 7.50. The molecule has 0 spiro atoms. The van der Waals surface area contributed by atoms with Crippen molar-refractivity contribution in [1.82, 2.24) is 0 Å². The van der Waals surface area contributed by atoms with Gasteiger partial charge in [-0.3, -0.25) is 0 Å². The van der Waals surface area contributed by atoms with E-state index in [1.54, 1.807) is 12.1 Å². The van der Waals surface area contributed by atoms with Crippen LogP contribution in [-0.4, -0.2) is 19.1 Å². The van der Waals surface area contributed by atoms with Crippen molar-refractivity contribution in [2.45, 2.75) is 39.7 Å². The fraction of sp³-hybridized carbons (Fsp3) is 0.533. The Morgan fingerprint density at radius 1 is 1.32 bits per heavy atom. The maximum atomic E-state index is 11.6. The van der Waals surface area contributed by atoms with Crippen LogP contribution in [0, 0.1) is 5.92 Å². The highest BCUT2D eigenvalue weighted by atomic mass is 16.5. The van der Waals surface area contributed by atoms with Gasteiger partial charge in [0, 0.05) is 17.4 Å². The number of anilines is 2. The Hall–Kier alpha value is -1.71. The fourth-order valence-corrected chi connectivity index (χ4v) is 1.87. The van der Waals surface area contributed by atoms with Crippen molar-refractivity contribution in [3.63, 3.8) is 0 Å². The van der Waals surface area contributed by atoms with E-state index >= 15 is 0 Å². The number of nitrogens with one attached hydrogen (secondary N) is 1. The molecular formula is C15H24N2O2. The molecule has 0 saturated carbocycles. The number of carbonyl (C=O) groups excluding carboxylic acids is 1. The molecule has 0 saturated heterocycles. The molecule has 19 heavy (non-hydrogen) atoms. The van der Waals surface area contributed by atoms with Gasteiger partial charge in [0.05, 0.1) is 12.7 Å². The molecule has 3 N–H and O–H groups in total. The lowest BCUT2D eigenvalue weighted by molar-refractivity contribution is 0.0602. The van der Waals surface area contributed by atoms with Crippen LogP contribution in [0.2, 0.25) is 0 Å². The molecule has 4 heteroatoms. The topological polar surface area (TPSA) is 64.3 Å². The fourth-order valence-electron chi connectivity index (χ4n) is 1.87. The molecule has 0 aliphatic heterocycles. The predicted molar refractivity (Wildman–Crippen MR) is 79.4 cm³/mol. The molecule has 0 heterocycles. The summed E-state index contributed by atoms with van der Waals surface area (Å²) in [6.07, 6.45) is 2.27. The molecule has 0 aliphatic rings. The zero-order chi connectivity index (χ0) is 14.4. The number of ether oxygens (including phenoxy) is 1. The number of carbonyl (C=O) groups is 1. The van der Waals surface area contributed by atoms with Gasteiger partial charge in [-0.2, -0.15) is 0 Å². The lowest BCUT2D eigenvalue weighted by Gasteiger charge is -2.17. The van der Waals surface area contributed by atoms with Gasteiger partial charge in [0.25, 0.3) is 0 Å².